The molecule has 122 valence electrons. The summed E-state index contributed by atoms with van der Waals surface area (Å²) >= 11 is 0. The van der Waals surface area contributed by atoms with E-state index in [1.54, 1.807) is 0 Å². The van der Waals surface area contributed by atoms with Crippen LogP contribution in [0.5, 0.6) is 0 Å². The topological polar surface area (TPSA) is 0 Å². The summed E-state index contributed by atoms with van der Waals surface area (Å²) in [6.07, 6.45) is -7.47. The molecule has 0 amide bonds. The van der Waals surface area contributed by atoms with Crippen LogP contribution in [0.3, 0.4) is 0 Å². The van der Waals surface area contributed by atoms with Crippen molar-refractivity contribution in [2.45, 2.75) is 29.5 Å². The van der Waals surface area contributed by atoms with E-state index >= 15 is 0 Å². The summed E-state index contributed by atoms with van der Waals surface area (Å²) in [7, 11) is -9.03. The maximum absolute atomic E-state index is 12.3. The molecule has 0 nitrogen and oxygen atoms in total. The van der Waals surface area contributed by atoms with Crippen LogP contribution in [-0.2, 0) is 0 Å². The Morgan fingerprint density at radius 1 is 0.450 bits per heavy atom. The Balaban J connectivity index is 6.08. The molecular weight excluding hydrogens is 354 g/mol. The minimum absolute atomic E-state index is 7.47. The maximum Gasteiger partial charge on any atom is 0.697 e. The molecule has 0 aromatic carbocycles. The first kappa shape index (κ1) is 19.2. The summed E-state index contributed by atoms with van der Waals surface area (Å²) in [6, 6.07) is 0. The van der Waals surface area contributed by atoms with Crippen LogP contribution in [0.1, 0.15) is 0 Å². The van der Waals surface area contributed by atoms with Gasteiger partial charge in [0.1, 0.15) is 0 Å². The summed E-state index contributed by atoms with van der Waals surface area (Å²) < 4.78 is 167. The van der Waals surface area contributed by atoms with Crippen molar-refractivity contribution >= 4 is 9.08 Å². The number of hydrogen-bond donors (Lipinski definition) is 0. The highest BCUT2D eigenvalue weighted by Crippen LogP contribution is 2.59. The smallest absolute Gasteiger partial charge is 0.234 e. The predicted octanol–water partition coefficient (Wildman–Crippen LogP) is 4.48. The highest BCUT2D eigenvalue weighted by molar-refractivity contribution is 6.61. The molecule has 20 heavy (non-hydrogen) atoms. The van der Waals surface area contributed by atoms with Gasteiger partial charge < -0.3 is 0 Å². The van der Waals surface area contributed by atoms with Gasteiger partial charge in [0, 0.05) is 0 Å². The van der Waals surface area contributed by atoms with Crippen molar-refractivity contribution in [3.05, 3.63) is 0 Å². The van der Waals surface area contributed by atoms with Gasteiger partial charge in [-0.2, -0.15) is 48.3 Å². The number of halogens is 14. The molecule has 0 saturated heterocycles. The quantitative estimate of drug-likeness (QED) is 0.397. The highest BCUT2D eigenvalue weighted by atomic mass is 28.5. The monoisotopic (exact) mass is 354 g/mol. The van der Waals surface area contributed by atoms with Gasteiger partial charge in [0.25, 0.3) is 0 Å². The van der Waals surface area contributed by atoms with Crippen LogP contribution in [0.4, 0.5) is 60.6 Å². The SMILES string of the molecule is FC(F)(F)C(F)(F)C(F)(F)C(F)(F)C(F)(F)[Si](F)(F)F. The van der Waals surface area contributed by atoms with E-state index in [9.17, 15) is 60.6 Å². The van der Waals surface area contributed by atoms with Crippen LogP contribution >= 0.6 is 0 Å². The molecule has 0 saturated carbocycles. The molecular formula is C5F14Si. The zero-order valence-electron chi connectivity index (χ0n) is 8.29. The second-order valence-corrected chi connectivity index (χ2v) is 4.92. The standard InChI is InChI=1S/C5F14Si/c6-1(7,2(8,9)4(12,13)14)3(10,11)5(15,16)20(17,18)19. The van der Waals surface area contributed by atoms with E-state index in [2.05, 4.69) is 0 Å². The van der Waals surface area contributed by atoms with Gasteiger partial charge in [-0.1, -0.05) is 0 Å². The Labute approximate surface area is 100 Å². The van der Waals surface area contributed by atoms with Crippen molar-refractivity contribution in [3.8, 4) is 0 Å². The van der Waals surface area contributed by atoms with Crippen molar-refractivity contribution < 1.29 is 60.6 Å². The lowest BCUT2D eigenvalue weighted by molar-refractivity contribution is -0.416. The fraction of sp³-hybridized carbons (Fsp3) is 1.00. The molecule has 0 rings (SSSR count). The van der Waals surface area contributed by atoms with Gasteiger partial charge in [0.05, 0.1) is 0 Å². The van der Waals surface area contributed by atoms with Crippen LogP contribution in [0.2, 0.25) is 0 Å². The normalized spacial score (nSPS) is 16.5. The third-order valence-electron chi connectivity index (χ3n) is 1.90. The van der Waals surface area contributed by atoms with Crippen molar-refractivity contribution in [3.63, 3.8) is 0 Å². The summed E-state index contributed by atoms with van der Waals surface area (Å²) in [5.41, 5.74) is -7.68. The molecule has 0 atom stereocenters. The van der Waals surface area contributed by atoms with E-state index in [1.165, 1.54) is 0 Å². The van der Waals surface area contributed by atoms with Crippen molar-refractivity contribution in [2.75, 3.05) is 0 Å². The van der Waals surface area contributed by atoms with Gasteiger partial charge in [-0.15, -0.1) is 0 Å². The van der Waals surface area contributed by atoms with Crippen LogP contribution in [0.25, 0.3) is 0 Å². The average molecular weight is 354 g/mol. The molecule has 0 aromatic heterocycles. The Morgan fingerprint density at radius 3 is 0.950 bits per heavy atom. The minimum atomic E-state index is -9.03. The first-order valence-electron chi connectivity index (χ1n) is 3.90. The van der Waals surface area contributed by atoms with Crippen LogP contribution in [0, 0.1) is 0 Å². The predicted molar refractivity (Wildman–Crippen MR) is 34.9 cm³/mol. The molecule has 0 aliphatic heterocycles. The van der Waals surface area contributed by atoms with E-state index < -0.39 is 38.6 Å². The number of alkyl halides is 11. The molecule has 0 N–H and O–H groups in total. The molecule has 15 heteroatoms. The molecule has 0 bridgehead atoms. The van der Waals surface area contributed by atoms with Gasteiger partial charge in [0.2, 0.25) is 0 Å². The summed E-state index contributed by atoms with van der Waals surface area (Å²) in [5.74, 6) is -23.8. The van der Waals surface area contributed by atoms with Gasteiger partial charge in [-0.05, 0) is 0 Å². The zero-order chi connectivity index (χ0) is 17.0. The second kappa shape index (κ2) is 4.36. The fourth-order valence-corrected chi connectivity index (χ4v) is 1.26. The Morgan fingerprint density at radius 2 is 0.750 bits per heavy atom. The molecule has 0 aromatic rings. The van der Waals surface area contributed by atoms with E-state index in [4.69, 9.17) is 0 Å². The average Bonchev–Trinajstić information content (AvgIpc) is 2.12. The Bertz CT molecular complexity index is 323. The van der Waals surface area contributed by atoms with Gasteiger partial charge >= 0.3 is 38.6 Å². The summed E-state index contributed by atoms with van der Waals surface area (Å²) in [6.45, 7) is 0. The number of rotatable bonds is 4. The lowest BCUT2D eigenvalue weighted by Gasteiger charge is -2.36. The molecule has 0 aliphatic carbocycles. The maximum atomic E-state index is 12.3. The van der Waals surface area contributed by atoms with E-state index in [1.807, 2.05) is 0 Å². The molecule has 0 radical (unpaired) electrons. The van der Waals surface area contributed by atoms with Gasteiger partial charge in [-0.3, -0.25) is 0 Å². The van der Waals surface area contributed by atoms with E-state index in [0.717, 1.165) is 0 Å². The van der Waals surface area contributed by atoms with Crippen molar-refractivity contribution in [1.82, 2.24) is 0 Å². The first-order valence-corrected chi connectivity index (χ1v) is 5.53. The molecule has 0 fully saturated rings. The molecule has 0 heterocycles. The summed E-state index contributed by atoms with van der Waals surface area (Å²) in [4.78, 5) is 0. The zero-order valence-corrected chi connectivity index (χ0v) is 9.29. The van der Waals surface area contributed by atoms with Gasteiger partial charge in [0.15, 0.2) is 0 Å². The minimum Gasteiger partial charge on any atom is -0.234 e. The molecule has 0 aliphatic rings. The second-order valence-electron chi connectivity index (χ2n) is 3.29. The largest absolute Gasteiger partial charge is 0.697 e. The van der Waals surface area contributed by atoms with Crippen molar-refractivity contribution in [1.29, 1.82) is 0 Å². The Hall–Kier alpha value is -0.763. The van der Waals surface area contributed by atoms with E-state index in [-0.39, 0.29) is 0 Å². The number of hydrogen-bond acceptors (Lipinski definition) is 0. The fourth-order valence-electron chi connectivity index (χ4n) is 0.750. The third-order valence-corrected chi connectivity index (χ3v) is 2.92. The lowest BCUT2D eigenvalue weighted by atomic mass is 10.0. The van der Waals surface area contributed by atoms with E-state index in [0.29, 0.717) is 0 Å². The molecule has 0 spiro atoms. The van der Waals surface area contributed by atoms with Crippen LogP contribution in [-0.4, -0.2) is 38.6 Å². The first-order chi connectivity index (χ1) is 8.25. The molecule has 0 unspecified atom stereocenters. The van der Waals surface area contributed by atoms with Crippen molar-refractivity contribution in [2.24, 2.45) is 0 Å². The van der Waals surface area contributed by atoms with Crippen LogP contribution < -0.4 is 0 Å². The Kier molecular flexibility index (Phi) is 4.20. The van der Waals surface area contributed by atoms with Crippen LogP contribution in [0.15, 0.2) is 0 Å². The van der Waals surface area contributed by atoms with Gasteiger partial charge in [-0.25, -0.2) is 12.3 Å². The third kappa shape index (κ3) is 2.32. The summed E-state index contributed by atoms with van der Waals surface area (Å²) in [5, 5.41) is 0. The lowest BCUT2D eigenvalue weighted by Crippen LogP contribution is -2.70. The highest BCUT2D eigenvalue weighted by Gasteiger charge is 2.92.